The highest BCUT2D eigenvalue weighted by Crippen LogP contribution is 2.28. The largest absolute Gasteiger partial charge is 0.591 e. The highest BCUT2D eigenvalue weighted by atomic mass is 32.2. The van der Waals surface area contributed by atoms with Gasteiger partial charge in [-0.15, -0.1) is 0 Å². The molecule has 0 aliphatic heterocycles. The Morgan fingerprint density at radius 1 is 0.964 bits per heavy atom. The minimum atomic E-state index is -4.78. The van der Waals surface area contributed by atoms with Crippen LogP contribution >= 0.6 is 0 Å². The van der Waals surface area contributed by atoms with Crippen LogP contribution in [0, 0.1) is 0 Å². The van der Waals surface area contributed by atoms with Crippen molar-refractivity contribution >= 4 is 17.1 Å². The Bertz CT molecular complexity index is 635. The van der Waals surface area contributed by atoms with Gasteiger partial charge in [0.05, 0.1) is 6.61 Å². The zero-order valence-electron chi connectivity index (χ0n) is 15.8. The molecule has 160 valence electrons. The molecule has 0 heterocycles. The molecule has 0 aromatic heterocycles. The summed E-state index contributed by atoms with van der Waals surface area (Å²) in [7, 11) is 0. The van der Waals surface area contributed by atoms with E-state index >= 15 is 0 Å². The second kappa shape index (κ2) is 9.87. The van der Waals surface area contributed by atoms with Crippen LogP contribution in [0.15, 0.2) is 28.7 Å². The molecule has 0 bridgehead atoms. The fraction of sp³-hybridized carbons (Fsp3) is 0.611. The topological polar surface area (TPSA) is 44.7 Å². The molecule has 1 atom stereocenters. The summed E-state index contributed by atoms with van der Waals surface area (Å²) in [6.45, 7) is 4.72. The van der Waals surface area contributed by atoms with Gasteiger partial charge in [0.15, 0.2) is 0 Å². The molecular formula is C18H23F6NO2S. The van der Waals surface area contributed by atoms with Gasteiger partial charge in [0, 0.05) is 12.0 Å². The Hall–Kier alpha value is -1.42. The number of halogens is 6. The fourth-order valence-electron chi connectivity index (χ4n) is 1.99. The molecular weight excluding hydrogens is 408 g/mol. The summed E-state index contributed by atoms with van der Waals surface area (Å²) in [5, 5.41) is 0. The number of nitrogens with zero attached hydrogens (tertiary/aromatic N) is 1. The summed E-state index contributed by atoms with van der Waals surface area (Å²) in [6.07, 6.45) is -9.06. The summed E-state index contributed by atoms with van der Waals surface area (Å²) in [5.74, 6) is 0.290. The molecule has 0 amide bonds. The first-order chi connectivity index (χ1) is 12.7. The van der Waals surface area contributed by atoms with Crippen molar-refractivity contribution in [3.8, 4) is 5.75 Å². The lowest BCUT2D eigenvalue weighted by Crippen LogP contribution is -2.31. The first-order valence-corrected chi connectivity index (χ1v) is 9.69. The highest BCUT2D eigenvalue weighted by molar-refractivity contribution is 7.91. The summed E-state index contributed by atoms with van der Waals surface area (Å²) < 4.78 is 95.7. The Morgan fingerprint density at radius 3 is 2.00 bits per heavy atom. The van der Waals surface area contributed by atoms with Gasteiger partial charge in [-0.05, 0) is 64.3 Å². The van der Waals surface area contributed by atoms with Gasteiger partial charge in [0.25, 0.3) is 0 Å². The second-order valence-corrected chi connectivity index (χ2v) is 9.00. The maximum absolute atomic E-state index is 13.3. The monoisotopic (exact) mass is 431 g/mol. The van der Waals surface area contributed by atoms with Crippen LogP contribution in [0.4, 0.5) is 26.3 Å². The Labute approximate surface area is 163 Å². The number of alkyl halides is 6. The third-order valence-corrected chi connectivity index (χ3v) is 4.86. The van der Waals surface area contributed by atoms with Crippen molar-refractivity contribution < 1.29 is 35.6 Å². The van der Waals surface area contributed by atoms with Crippen LogP contribution in [0.5, 0.6) is 5.75 Å². The van der Waals surface area contributed by atoms with Crippen LogP contribution in [-0.4, -0.2) is 34.0 Å². The van der Waals surface area contributed by atoms with E-state index in [1.165, 1.54) is 32.9 Å². The second-order valence-electron chi connectivity index (χ2n) is 7.10. The SMILES string of the molecule is CC(C)(C)[S@+]([O-])N=C(c1ccc(OCCCCCC(F)(F)F)cc1)C(F)(F)F. The van der Waals surface area contributed by atoms with E-state index in [9.17, 15) is 30.9 Å². The predicted octanol–water partition coefficient (Wildman–Crippen LogP) is 6.00. The predicted molar refractivity (Wildman–Crippen MR) is 96.9 cm³/mol. The standard InChI is InChI=1S/C18H23F6NO2S/c1-16(2,3)28(26)25-15(18(22,23)24)13-7-9-14(10-8-13)27-12-6-4-5-11-17(19,20)21/h7-10H,4-6,11-12H2,1-3H3/t28-/m0/s1. The molecule has 0 unspecified atom stereocenters. The van der Waals surface area contributed by atoms with Crippen molar-refractivity contribution in [1.82, 2.24) is 0 Å². The molecule has 0 saturated heterocycles. The third kappa shape index (κ3) is 9.18. The first kappa shape index (κ1) is 24.6. The van der Waals surface area contributed by atoms with Gasteiger partial charge in [-0.2, -0.15) is 26.3 Å². The summed E-state index contributed by atoms with van der Waals surface area (Å²) in [4.78, 5) is 0. The van der Waals surface area contributed by atoms with Gasteiger partial charge in [-0.1, -0.05) is 4.40 Å². The minimum Gasteiger partial charge on any atom is -0.591 e. The van der Waals surface area contributed by atoms with Crippen molar-refractivity contribution in [3.05, 3.63) is 29.8 Å². The van der Waals surface area contributed by atoms with Crippen LogP contribution in [0.1, 0.15) is 52.0 Å². The lowest BCUT2D eigenvalue weighted by atomic mass is 10.1. The van der Waals surface area contributed by atoms with Crippen LogP contribution < -0.4 is 4.74 Å². The molecule has 0 aliphatic carbocycles. The number of unbranched alkanes of at least 4 members (excludes halogenated alkanes) is 2. The summed E-state index contributed by atoms with van der Waals surface area (Å²) in [6, 6.07) is 4.94. The average Bonchev–Trinajstić information content (AvgIpc) is 2.53. The van der Waals surface area contributed by atoms with Gasteiger partial charge >= 0.3 is 12.4 Å². The molecule has 0 fully saturated rings. The maximum atomic E-state index is 13.3. The fourth-order valence-corrected chi connectivity index (χ4v) is 2.64. The van der Waals surface area contributed by atoms with Crippen molar-refractivity contribution in [2.75, 3.05) is 6.61 Å². The molecule has 1 aromatic rings. The minimum absolute atomic E-state index is 0.00210. The normalized spacial score (nSPS) is 14.9. The number of hydrogen-bond acceptors (Lipinski definition) is 3. The number of hydrogen-bond donors (Lipinski definition) is 0. The van der Waals surface area contributed by atoms with Gasteiger partial charge in [-0.25, -0.2) is 0 Å². The third-order valence-electron chi connectivity index (χ3n) is 3.47. The Morgan fingerprint density at radius 2 is 1.54 bits per heavy atom. The molecule has 0 radical (unpaired) electrons. The lowest BCUT2D eigenvalue weighted by Gasteiger charge is -2.20. The molecule has 0 spiro atoms. The van der Waals surface area contributed by atoms with Gasteiger partial charge in [0.2, 0.25) is 5.71 Å². The Kier molecular flexibility index (Phi) is 8.67. The van der Waals surface area contributed by atoms with Crippen LogP contribution in [-0.2, 0) is 11.4 Å². The number of ether oxygens (including phenoxy) is 1. The van der Waals surface area contributed by atoms with Crippen LogP contribution in [0.2, 0.25) is 0 Å². The zero-order chi connectivity index (χ0) is 21.6. The average molecular weight is 431 g/mol. The van der Waals surface area contributed by atoms with E-state index in [4.69, 9.17) is 4.74 Å². The van der Waals surface area contributed by atoms with E-state index in [0.717, 1.165) is 12.1 Å². The highest BCUT2D eigenvalue weighted by Gasteiger charge is 2.41. The molecule has 3 nitrogen and oxygen atoms in total. The van der Waals surface area contributed by atoms with E-state index in [-0.39, 0.29) is 24.3 Å². The van der Waals surface area contributed by atoms with Crippen LogP contribution in [0.3, 0.4) is 0 Å². The molecule has 10 heteroatoms. The van der Waals surface area contributed by atoms with Crippen molar-refractivity contribution in [3.63, 3.8) is 0 Å². The summed E-state index contributed by atoms with van der Waals surface area (Å²) in [5.41, 5.74) is -1.48. The first-order valence-electron chi connectivity index (χ1n) is 8.58. The molecule has 1 rings (SSSR count). The van der Waals surface area contributed by atoms with E-state index in [1.54, 1.807) is 0 Å². The molecule has 0 saturated carbocycles. The van der Waals surface area contributed by atoms with E-state index in [0.29, 0.717) is 12.8 Å². The summed E-state index contributed by atoms with van der Waals surface area (Å²) >= 11 is -2.08. The van der Waals surface area contributed by atoms with Crippen molar-refractivity contribution in [2.45, 2.75) is 63.6 Å². The maximum Gasteiger partial charge on any atom is 0.438 e. The number of benzene rings is 1. The van der Waals surface area contributed by atoms with E-state index in [2.05, 4.69) is 4.40 Å². The number of rotatable bonds is 8. The van der Waals surface area contributed by atoms with Gasteiger partial charge < -0.3 is 9.29 Å². The van der Waals surface area contributed by atoms with E-state index in [1.807, 2.05) is 0 Å². The van der Waals surface area contributed by atoms with Crippen molar-refractivity contribution in [2.24, 2.45) is 4.40 Å². The quantitative estimate of drug-likeness (QED) is 0.219. The lowest BCUT2D eigenvalue weighted by molar-refractivity contribution is -0.135. The van der Waals surface area contributed by atoms with Crippen molar-refractivity contribution in [1.29, 1.82) is 0 Å². The molecule has 0 N–H and O–H groups in total. The van der Waals surface area contributed by atoms with Gasteiger partial charge in [-0.3, -0.25) is 0 Å². The molecule has 0 aliphatic rings. The molecule has 1 aromatic carbocycles. The van der Waals surface area contributed by atoms with Gasteiger partial charge in [0.1, 0.15) is 21.9 Å². The zero-order valence-corrected chi connectivity index (χ0v) is 16.6. The smallest absolute Gasteiger partial charge is 0.438 e. The van der Waals surface area contributed by atoms with E-state index < -0.39 is 40.6 Å². The Balaban J connectivity index is 2.69. The van der Waals surface area contributed by atoms with Crippen LogP contribution in [0.25, 0.3) is 0 Å². The molecule has 28 heavy (non-hydrogen) atoms.